The molecule has 0 aromatic heterocycles. The average molecular weight is 325 g/mol. The Balaban J connectivity index is 2.13. The zero-order valence-corrected chi connectivity index (χ0v) is 13.2. The molecule has 0 bridgehead atoms. The molecule has 0 amide bonds. The van der Waals surface area contributed by atoms with E-state index in [0.29, 0.717) is 10.7 Å². The van der Waals surface area contributed by atoms with Gasteiger partial charge in [0.15, 0.2) is 0 Å². The van der Waals surface area contributed by atoms with E-state index < -0.39 is 10.0 Å². The molecule has 0 spiro atoms. The molecule has 21 heavy (non-hydrogen) atoms. The summed E-state index contributed by atoms with van der Waals surface area (Å²) in [5, 5.41) is 3.76. The minimum Gasteiger partial charge on any atom is -0.385 e. The highest BCUT2D eigenvalue weighted by molar-refractivity contribution is 7.92. The smallest absolute Gasteiger partial charge is 0.261 e. The molecule has 0 saturated carbocycles. The molecule has 6 heteroatoms. The summed E-state index contributed by atoms with van der Waals surface area (Å²) in [6.45, 7) is 2.93. The number of halogens is 1. The zero-order chi connectivity index (χ0) is 15.3. The fourth-order valence-electron chi connectivity index (χ4n) is 1.75. The minimum absolute atomic E-state index is 0.222. The van der Waals surface area contributed by atoms with E-state index in [1.807, 2.05) is 0 Å². The number of sulfonamides is 1. The van der Waals surface area contributed by atoms with Gasteiger partial charge < -0.3 is 5.32 Å². The lowest BCUT2D eigenvalue weighted by Crippen LogP contribution is -2.12. The maximum absolute atomic E-state index is 12.2. The van der Waals surface area contributed by atoms with Crippen molar-refractivity contribution in [1.82, 2.24) is 0 Å². The fourth-order valence-corrected chi connectivity index (χ4v) is 2.94. The molecule has 0 heterocycles. The zero-order valence-electron chi connectivity index (χ0n) is 11.6. The van der Waals surface area contributed by atoms with Crippen LogP contribution in [-0.4, -0.2) is 15.0 Å². The number of anilines is 2. The minimum atomic E-state index is -3.58. The number of benzene rings is 2. The predicted molar refractivity (Wildman–Crippen MR) is 87.5 cm³/mol. The van der Waals surface area contributed by atoms with E-state index in [4.69, 9.17) is 11.6 Å². The van der Waals surface area contributed by atoms with Crippen LogP contribution in [0.4, 0.5) is 11.4 Å². The first-order chi connectivity index (χ1) is 10.0. The maximum Gasteiger partial charge on any atom is 0.261 e. The lowest BCUT2D eigenvalue weighted by Gasteiger charge is -2.09. The Morgan fingerprint density at radius 1 is 0.952 bits per heavy atom. The van der Waals surface area contributed by atoms with Crippen molar-refractivity contribution in [2.24, 2.45) is 0 Å². The summed E-state index contributed by atoms with van der Waals surface area (Å²) in [5.41, 5.74) is 1.38. The van der Waals surface area contributed by atoms with Crippen molar-refractivity contribution in [2.75, 3.05) is 16.6 Å². The molecule has 0 saturated heterocycles. The summed E-state index contributed by atoms with van der Waals surface area (Å²) in [6, 6.07) is 13.2. The van der Waals surface area contributed by atoms with Crippen LogP contribution in [0, 0.1) is 0 Å². The van der Waals surface area contributed by atoms with Crippen LogP contribution in [0.5, 0.6) is 0 Å². The topological polar surface area (TPSA) is 58.2 Å². The third kappa shape index (κ3) is 4.37. The molecule has 0 atom stereocenters. The molecule has 112 valence electrons. The third-order valence-corrected chi connectivity index (χ3v) is 4.49. The highest BCUT2D eigenvalue weighted by atomic mass is 35.5. The van der Waals surface area contributed by atoms with Gasteiger partial charge in [-0.05, 0) is 55.0 Å². The van der Waals surface area contributed by atoms with Crippen molar-refractivity contribution in [3.05, 3.63) is 53.6 Å². The van der Waals surface area contributed by atoms with E-state index in [9.17, 15) is 8.42 Å². The van der Waals surface area contributed by atoms with Crippen molar-refractivity contribution < 1.29 is 8.42 Å². The van der Waals surface area contributed by atoms with Gasteiger partial charge in [-0.3, -0.25) is 4.72 Å². The van der Waals surface area contributed by atoms with Gasteiger partial charge in [0.2, 0.25) is 0 Å². The van der Waals surface area contributed by atoms with Crippen molar-refractivity contribution in [2.45, 2.75) is 18.2 Å². The molecule has 4 nitrogen and oxygen atoms in total. The molecule has 0 fully saturated rings. The number of hydrogen-bond acceptors (Lipinski definition) is 3. The Hall–Kier alpha value is -1.72. The van der Waals surface area contributed by atoms with Crippen molar-refractivity contribution in [3.8, 4) is 0 Å². The quantitative estimate of drug-likeness (QED) is 0.845. The van der Waals surface area contributed by atoms with E-state index in [-0.39, 0.29) is 4.90 Å². The second kappa shape index (κ2) is 6.83. The van der Waals surface area contributed by atoms with Crippen LogP contribution in [0.25, 0.3) is 0 Å². The van der Waals surface area contributed by atoms with Gasteiger partial charge in [0.05, 0.1) is 4.90 Å². The number of hydrogen-bond donors (Lipinski definition) is 2. The Morgan fingerprint density at radius 2 is 1.52 bits per heavy atom. The molecule has 2 aromatic rings. The number of nitrogens with one attached hydrogen (secondary N) is 2. The van der Waals surface area contributed by atoms with E-state index >= 15 is 0 Å². The largest absolute Gasteiger partial charge is 0.385 e. The molecule has 0 radical (unpaired) electrons. The summed E-state index contributed by atoms with van der Waals surface area (Å²) >= 11 is 5.77. The third-order valence-electron chi connectivity index (χ3n) is 2.84. The molecular formula is C15H17ClN2O2S. The normalized spacial score (nSPS) is 11.1. The highest BCUT2D eigenvalue weighted by Gasteiger charge is 2.13. The van der Waals surface area contributed by atoms with Crippen LogP contribution >= 0.6 is 11.6 Å². The summed E-state index contributed by atoms with van der Waals surface area (Å²) in [6.07, 6.45) is 1.01. The van der Waals surface area contributed by atoms with Crippen LogP contribution in [-0.2, 0) is 10.0 Å². The van der Waals surface area contributed by atoms with E-state index in [1.165, 1.54) is 0 Å². The summed E-state index contributed by atoms with van der Waals surface area (Å²) in [5.74, 6) is 0. The van der Waals surface area contributed by atoms with Gasteiger partial charge in [0.1, 0.15) is 0 Å². The van der Waals surface area contributed by atoms with Gasteiger partial charge in [0, 0.05) is 22.9 Å². The van der Waals surface area contributed by atoms with Gasteiger partial charge in [-0.25, -0.2) is 8.42 Å². The highest BCUT2D eigenvalue weighted by Crippen LogP contribution is 2.19. The Morgan fingerprint density at radius 3 is 2.10 bits per heavy atom. The lowest BCUT2D eigenvalue weighted by atomic mass is 10.3. The Kier molecular flexibility index (Phi) is 5.09. The SMILES string of the molecule is CCCNc1ccc(S(=O)(=O)Nc2ccc(Cl)cc2)cc1. The van der Waals surface area contributed by atoms with Gasteiger partial charge in [-0.2, -0.15) is 0 Å². The second-order valence-electron chi connectivity index (χ2n) is 4.56. The lowest BCUT2D eigenvalue weighted by molar-refractivity contribution is 0.601. The van der Waals surface area contributed by atoms with Crippen LogP contribution in [0.2, 0.25) is 5.02 Å². The summed E-state index contributed by atoms with van der Waals surface area (Å²) in [4.78, 5) is 0.222. The van der Waals surface area contributed by atoms with E-state index in [1.54, 1.807) is 48.5 Å². The maximum atomic E-state index is 12.2. The van der Waals surface area contributed by atoms with E-state index in [2.05, 4.69) is 17.0 Å². The first-order valence-electron chi connectivity index (χ1n) is 6.63. The van der Waals surface area contributed by atoms with Gasteiger partial charge in [-0.15, -0.1) is 0 Å². The average Bonchev–Trinajstić information content (AvgIpc) is 2.48. The van der Waals surface area contributed by atoms with Gasteiger partial charge in [-0.1, -0.05) is 18.5 Å². The monoisotopic (exact) mass is 324 g/mol. The van der Waals surface area contributed by atoms with Crippen LogP contribution in [0.1, 0.15) is 13.3 Å². The molecule has 0 aliphatic heterocycles. The molecule has 0 unspecified atom stereocenters. The van der Waals surface area contributed by atoms with Crippen molar-refractivity contribution in [1.29, 1.82) is 0 Å². The summed E-state index contributed by atoms with van der Waals surface area (Å²) in [7, 11) is -3.58. The fraction of sp³-hybridized carbons (Fsp3) is 0.200. The molecular weight excluding hydrogens is 308 g/mol. The van der Waals surface area contributed by atoms with Crippen LogP contribution in [0.15, 0.2) is 53.4 Å². The molecule has 0 aliphatic rings. The van der Waals surface area contributed by atoms with Crippen LogP contribution in [0.3, 0.4) is 0 Å². The molecule has 2 aromatic carbocycles. The van der Waals surface area contributed by atoms with Crippen LogP contribution < -0.4 is 10.0 Å². The Bertz CT molecular complexity index is 683. The van der Waals surface area contributed by atoms with Crippen molar-refractivity contribution >= 4 is 33.0 Å². The molecule has 2 N–H and O–H groups in total. The summed E-state index contributed by atoms with van der Waals surface area (Å²) < 4.78 is 27.0. The first-order valence-corrected chi connectivity index (χ1v) is 8.50. The van der Waals surface area contributed by atoms with Gasteiger partial charge >= 0.3 is 0 Å². The predicted octanol–water partition coefficient (Wildman–Crippen LogP) is 3.96. The molecule has 0 aliphatic carbocycles. The molecule has 2 rings (SSSR count). The second-order valence-corrected chi connectivity index (χ2v) is 6.68. The number of rotatable bonds is 6. The first kappa shape index (κ1) is 15.7. The van der Waals surface area contributed by atoms with Gasteiger partial charge in [0.25, 0.3) is 10.0 Å². The van der Waals surface area contributed by atoms with E-state index in [0.717, 1.165) is 18.7 Å². The van der Waals surface area contributed by atoms with Crippen molar-refractivity contribution in [3.63, 3.8) is 0 Å². The standard InChI is InChI=1S/C15H17ClN2O2S/c1-2-11-17-13-7-9-15(10-8-13)21(19,20)18-14-5-3-12(16)4-6-14/h3-10,17-18H,2,11H2,1H3. The Labute approximate surface area is 130 Å².